The Morgan fingerprint density at radius 2 is 1.69 bits per heavy atom. The monoisotopic (exact) mass is 352 g/mol. The van der Waals surface area contributed by atoms with Gasteiger partial charge in [-0.1, -0.05) is 42.5 Å². The highest BCUT2D eigenvalue weighted by Crippen LogP contribution is 2.37. The van der Waals surface area contributed by atoms with Crippen LogP contribution in [0.3, 0.4) is 0 Å². The van der Waals surface area contributed by atoms with Crippen molar-refractivity contribution in [3.8, 4) is 6.07 Å². The molecule has 2 aromatic carbocycles. The van der Waals surface area contributed by atoms with E-state index in [-0.39, 0.29) is 37.3 Å². The lowest BCUT2D eigenvalue weighted by Crippen LogP contribution is -2.43. The van der Waals surface area contributed by atoms with Crippen molar-refractivity contribution in [1.82, 2.24) is 4.90 Å². The SMILES string of the molecule is N#C/C(=C\c1ccc(F)cc1)C(=O)N1CCC(F)(c2ccccc2)CC1. The standard InChI is InChI=1S/C21H18F2N2O/c22-19-8-6-16(7-9-19)14-17(15-24)20(26)25-12-10-21(23,11-13-25)18-4-2-1-3-5-18/h1-9,14H,10-13H2/b17-14+. The lowest BCUT2D eigenvalue weighted by atomic mass is 9.86. The van der Waals surface area contributed by atoms with Crippen molar-refractivity contribution in [2.75, 3.05) is 13.1 Å². The third-order valence-corrected chi connectivity index (χ3v) is 4.67. The molecule has 2 aromatic rings. The molecule has 3 rings (SSSR count). The molecule has 132 valence electrons. The summed E-state index contributed by atoms with van der Waals surface area (Å²) in [4.78, 5) is 14.1. The van der Waals surface area contributed by atoms with Crippen LogP contribution in [0.25, 0.3) is 6.08 Å². The van der Waals surface area contributed by atoms with Gasteiger partial charge in [-0.3, -0.25) is 4.79 Å². The number of halogens is 2. The van der Waals surface area contributed by atoms with Gasteiger partial charge in [-0.2, -0.15) is 5.26 Å². The normalized spacial score (nSPS) is 16.8. The molecule has 1 fully saturated rings. The molecule has 0 saturated carbocycles. The molecule has 0 atom stereocenters. The summed E-state index contributed by atoms with van der Waals surface area (Å²) < 4.78 is 28.1. The molecular formula is C21H18F2N2O. The largest absolute Gasteiger partial charge is 0.338 e. The molecule has 1 amide bonds. The molecular weight excluding hydrogens is 334 g/mol. The molecule has 3 nitrogen and oxygen atoms in total. The van der Waals surface area contributed by atoms with Crippen molar-refractivity contribution < 1.29 is 13.6 Å². The first kappa shape index (κ1) is 17.8. The van der Waals surface area contributed by atoms with E-state index in [1.54, 1.807) is 24.3 Å². The number of piperidine rings is 1. The summed E-state index contributed by atoms with van der Waals surface area (Å²) in [6.07, 6.45) is 1.81. The van der Waals surface area contributed by atoms with Crippen LogP contribution in [0.1, 0.15) is 24.0 Å². The third-order valence-electron chi connectivity index (χ3n) is 4.67. The number of benzene rings is 2. The Labute approximate surface area is 151 Å². The Kier molecular flexibility index (Phi) is 5.13. The zero-order chi connectivity index (χ0) is 18.6. The third kappa shape index (κ3) is 3.80. The van der Waals surface area contributed by atoms with Gasteiger partial charge in [0, 0.05) is 25.9 Å². The topological polar surface area (TPSA) is 44.1 Å². The van der Waals surface area contributed by atoms with Gasteiger partial charge in [0.1, 0.15) is 23.1 Å². The van der Waals surface area contributed by atoms with Gasteiger partial charge in [0.15, 0.2) is 0 Å². The Hall–Kier alpha value is -3.00. The van der Waals surface area contributed by atoms with Gasteiger partial charge in [0.25, 0.3) is 5.91 Å². The maximum atomic E-state index is 15.2. The average molecular weight is 352 g/mol. The van der Waals surface area contributed by atoms with Gasteiger partial charge in [0.05, 0.1) is 0 Å². The van der Waals surface area contributed by atoms with E-state index in [9.17, 15) is 14.4 Å². The summed E-state index contributed by atoms with van der Waals surface area (Å²) in [6.45, 7) is 0.485. The van der Waals surface area contributed by atoms with Crippen molar-refractivity contribution >= 4 is 12.0 Å². The number of likely N-dealkylation sites (tertiary alicyclic amines) is 1. The minimum atomic E-state index is -1.45. The van der Waals surface area contributed by atoms with Gasteiger partial charge < -0.3 is 4.90 Å². The summed E-state index contributed by atoms with van der Waals surface area (Å²) in [5, 5.41) is 9.31. The maximum absolute atomic E-state index is 15.2. The second-order valence-corrected chi connectivity index (χ2v) is 6.34. The van der Waals surface area contributed by atoms with Gasteiger partial charge in [0.2, 0.25) is 0 Å². The Morgan fingerprint density at radius 3 is 2.27 bits per heavy atom. The Morgan fingerprint density at radius 1 is 1.08 bits per heavy atom. The van der Waals surface area contributed by atoms with Gasteiger partial charge in [-0.25, -0.2) is 8.78 Å². The smallest absolute Gasteiger partial charge is 0.264 e. The van der Waals surface area contributed by atoms with Crippen LogP contribution >= 0.6 is 0 Å². The van der Waals surface area contributed by atoms with E-state index >= 15 is 4.39 Å². The number of rotatable bonds is 3. The summed E-state index contributed by atoms with van der Waals surface area (Å²) in [5.74, 6) is -0.810. The lowest BCUT2D eigenvalue weighted by Gasteiger charge is -2.36. The highest BCUT2D eigenvalue weighted by molar-refractivity contribution is 6.01. The van der Waals surface area contributed by atoms with Crippen molar-refractivity contribution in [2.45, 2.75) is 18.5 Å². The molecule has 0 aliphatic carbocycles. The van der Waals surface area contributed by atoms with E-state index in [2.05, 4.69) is 0 Å². The van der Waals surface area contributed by atoms with E-state index < -0.39 is 11.6 Å². The average Bonchev–Trinajstić information content (AvgIpc) is 2.68. The minimum Gasteiger partial charge on any atom is -0.338 e. The number of carbonyl (C=O) groups is 1. The highest BCUT2D eigenvalue weighted by atomic mass is 19.1. The van der Waals surface area contributed by atoms with Crippen LogP contribution < -0.4 is 0 Å². The molecule has 0 bridgehead atoms. The molecule has 1 aliphatic rings. The van der Waals surface area contributed by atoms with Gasteiger partial charge in [-0.15, -0.1) is 0 Å². The van der Waals surface area contributed by atoms with Gasteiger partial charge in [-0.05, 0) is 29.3 Å². The molecule has 1 saturated heterocycles. The van der Waals surface area contributed by atoms with E-state index in [4.69, 9.17) is 0 Å². The molecule has 26 heavy (non-hydrogen) atoms. The van der Waals surface area contributed by atoms with E-state index in [1.807, 2.05) is 12.1 Å². The van der Waals surface area contributed by atoms with E-state index in [0.717, 1.165) is 0 Å². The molecule has 0 radical (unpaired) electrons. The van der Waals surface area contributed by atoms with E-state index in [0.29, 0.717) is 11.1 Å². The predicted molar refractivity (Wildman–Crippen MR) is 95.0 cm³/mol. The van der Waals surface area contributed by atoms with E-state index in [1.165, 1.54) is 35.2 Å². The van der Waals surface area contributed by atoms with Crippen molar-refractivity contribution in [1.29, 1.82) is 5.26 Å². The van der Waals surface area contributed by atoms with Crippen molar-refractivity contribution in [2.24, 2.45) is 0 Å². The first-order chi connectivity index (χ1) is 12.5. The minimum absolute atomic E-state index is 0.0392. The Balaban J connectivity index is 1.71. The van der Waals surface area contributed by atoms with Crippen molar-refractivity contribution in [3.05, 3.63) is 77.1 Å². The maximum Gasteiger partial charge on any atom is 0.264 e. The van der Waals surface area contributed by atoms with Gasteiger partial charge >= 0.3 is 0 Å². The van der Waals surface area contributed by atoms with Crippen LogP contribution in [0, 0.1) is 17.1 Å². The number of hydrogen-bond acceptors (Lipinski definition) is 2. The molecule has 1 heterocycles. The second kappa shape index (κ2) is 7.49. The van der Waals surface area contributed by atoms with Crippen molar-refractivity contribution in [3.63, 3.8) is 0 Å². The fourth-order valence-corrected chi connectivity index (χ4v) is 3.13. The first-order valence-corrected chi connectivity index (χ1v) is 8.43. The first-order valence-electron chi connectivity index (χ1n) is 8.43. The fourth-order valence-electron chi connectivity index (χ4n) is 3.13. The van der Waals surface area contributed by atoms with Crippen LogP contribution in [0.4, 0.5) is 8.78 Å². The van der Waals surface area contributed by atoms with Crippen LogP contribution in [-0.4, -0.2) is 23.9 Å². The fraction of sp³-hybridized carbons (Fsp3) is 0.238. The zero-order valence-electron chi connectivity index (χ0n) is 14.2. The molecule has 0 N–H and O–H groups in total. The second-order valence-electron chi connectivity index (χ2n) is 6.34. The number of amides is 1. The van der Waals surface area contributed by atoms with Crippen LogP contribution in [0.2, 0.25) is 0 Å². The summed E-state index contributed by atoms with van der Waals surface area (Å²) in [6, 6.07) is 16.4. The number of nitrogens with zero attached hydrogens (tertiary/aromatic N) is 2. The molecule has 0 aromatic heterocycles. The van der Waals surface area contributed by atoms with Crippen LogP contribution in [-0.2, 0) is 10.5 Å². The highest BCUT2D eigenvalue weighted by Gasteiger charge is 2.37. The number of nitriles is 1. The number of alkyl halides is 1. The quantitative estimate of drug-likeness (QED) is 0.613. The molecule has 5 heteroatoms. The zero-order valence-corrected chi connectivity index (χ0v) is 14.2. The lowest BCUT2D eigenvalue weighted by molar-refractivity contribution is -0.129. The van der Waals surface area contributed by atoms with Crippen LogP contribution in [0.5, 0.6) is 0 Å². The molecule has 1 aliphatic heterocycles. The number of carbonyl (C=O) groups excluding carboxylic acids is 1. The molecule has 0 spiro atoms. The molecule has 0 unspecified atom stereocenters. The summed E-state index contributed by atoms with van der Waals surface area (Å²) >= 11 is 0. The van der Waals surface area contributed by atoms with Crippen LogP contribution in [0.15, 0.2) is 60.2 Å². The predicted octanol–water partition coefficient (Wildman–Crippen LogP) is 4.22. The summed E-state index contributed by atoms with van der Waals surface area (Å²) in [5.41, 5.74) is -0.305. The Bertz CT molecular complexity index is 846. The number of hydrogen-bond donors (Lipinski definition) is 0. The summed E-state index contributed by atoms with van der Waals surface area (Å²) in [7, 11) is 0.